The van der Waals surface area contributed by atoms with Gasteiger partial charge in [-0.15, -0.1) is 0 Å². The minimum atomic E-state index is -0.268. The van der Waals surface area contributed by atoms with Crippen LogP contribution in [0.1, 0.15) is 15.9 Å². The van der Waals surface area contributed by atoms with Crippen molar-refractivity contribution in [1.82, 2.24) is 0 Å². The van der Waals surface area contributed by atoms with Gasteiger partial charge >= 0.3 is 0 Å². The molecule has 0 bridgehead atoms. The van der Waals surface area contributed by atoms with E-state index >= 15 is 0 Å². The molecule has 0 N–H and O–H groups in total. The van der Waals surface area contributed by atoms with Crippen LogP contribution >= 0.6 is 15.9 Å². The number of hydrogen-bond acceptors (Lipinski definition) is 3. The zero-order valence-corrected chi connectivity index (χ0v) is 12.6. The van der Waals surface area contributed by atoms with Gasteiger partial charge in [-0.3, -0.25) is 4.79 Å². The van der Waals surface area contributed by atoms with Crippen molar-refractivity contribution < 1.29 is 18.7 Å². The zero-order valence-electron chi connectivity index (χ0n) is 11.0. The molecule has 108 valence electrons. The van der Waals surface area contributed by atoms with Crippen LogP contribution in [0.4, 0.5) is 4.39 Å². The van der Waals surface area contributed by atoms with Crippen LogP contribution in [-0.4, -0.2) is 19.0 Å². The Balaban J connectivity index is 1.66. The van der Waals surface area contributed by atoms with Crippen LogP contribution in [0.3, 0.4) is 0 Å². The highest BCUT2D eigenvalue weighted by atomic mass is 79.9. The first kappa shape index (κ1) is 14.1. The fourth-order valence-corrected chi connectivity index (χ4v) is 2.69. The lowest BCUT2D eigenvalue weighted by atomic mass is 10.1. The highest BCUT2D eigenvalue weighted by molar-refractivity contribution is 9.10. The van der Waals surface area contributed by atoms with E-state index in [2.05, 4.69) is 15.9 Å². The third kappa shape index (κ3) is 3.08. The predicted molar refractivity (Wildman–Crippen MR) is 79.5 cm³/mol. The van der Waals surface area contributed by atoms with Crippen molar-refractivity contribution >= 4 is 22.2 Å². The molecule has 0 saturated carbocycles. The molecule has 0 aliphatic carbocycles. The van der Waals surface area contributed by atoms with Crippen LogP contribution in [0.2, 0.25) is 0 Å². The van der Waals surface area contributed by atoms with Gasteiger partial charge in [-0.2, -0.15) is 0 Å². The summed E-state index contributed by atoms with van der Waals surface area (Å²) >= 11 is 3.31. The summed E-state index contributed by atoms with van der Waals surface area (Å²) in [7, 11) is 0. The SMILES string of the molecule is O=Cc1cc(Br)ccc1OCC1Cc2cc(F)ccc2O1. The quantitative estimate of drug-likeness (QED) is 0.787. The van der Waals surface area contributed by atoms with Crippen molar-refractivity contribution in [3.05, 3.63) is 57.8 Å². The van der Waals surface area contributed by atoms with Crippen molar-refractivity contribution in [3.63, 3.8) is 0 Å². The lowest BCUT2D eigenvalue weighted by molar-refractivity contribution is 0.111. The number of carbonyl (C=O) groups is 1. The predicted octanol–water partition coefficient (Wildman–Crippen LogP) is 3.78. The summed E-state index contributed by atoms with van der Waals surface area (Å²) in [5.41, 5.74) is 1.32. The summed E-state index contributed by atoms with van der Waals surface area (Å²) in [6, 6.07) is 9.72. The number of carbonyl (C=O) groups excluding carboxylic acids is 1. The van der Waals surface area contributed by atoms with E-state index < -0.39 is 0 Å². The van der Waals surface area contributed by atoms with Gasteiger partial charge in [-0.1, -0.05) is 15.9 Å². The molecule has 0 aromatic heterocycles. The Morgan fingerprint density at radius 3 is 3.00 bits per heavy atom. The smallest absolute Gasteiger partial charge is 0.153 e. The van der Waals surface area contributed by atoms with E-state index in [9.17, 15) is 9.18 Å². The molecular formula is C16H12BrFO3. The van der Waals surface area contributed by atoms with E-state index in [1.165, 1.54) is 12.1 Å². The Kier molecular flexibility index (Phi) is 3.92. The molecule has 1 aliphatic rings. The zero-order chi connectivity index (χ0) is 14.8. The fourth-order valence-electron chi connectivity index (χ4n) is 2.31. The Hall–Kier alpha value is -1.88. The van der Waals surface area contributed by atoms with Crippen LogP contribution in [0, 0.1) is 5.82 Å². The molecule has 0 radical (unpaired) electrons. The van der Waals surface area contributed by atoms with Gasteiger partial charge in [0, 0.05) is 16.5 Å². The molecule has 21 heavy (non-hydrogen) atoms. The highest BCUT2D eigenvalue weighted by Gasteiger charge is 2.24. The molecule has 1 aliphatic heterocycles. The largest absolute Gasteiger partial charge is 0.489 e. The molecule has 5 heteroatoms. The van der Waals surface area contributed by atoms with Gasteiger partial charge < -0.3 is 9.47 Å². The van der Waals surface area contributed by atoms with E-state index in [0.29, 0.717) is 30.1 Å². The average Bonchev–Trinajstić information content (AvgIpc) is 2.87. The normalized spacial score (nSPS) is 16.2. The fraction of sp³-hybridized carbons (Fsp3) is 0.188. The average molecular weight is 351 g/mol. The maximum atomic E-state index is 13.1. The number of aldehydes is 1. The van der Waals surface area contributed by atoms with E-state index in [-0.39, 0.29) is 11.9 Å². The summed E-state index contributed by atoms with van der Waals surface area (Å²) in [5.74, 6) is 0.936. The molecule has 3 nitrogen and oxygen atoms in total. The lowest BCUT2D eigenvalue weighted by Crippen LogP contribution is -2.22. The second-order valence-electron chi connectivity index (χ2n) is 4.81. The third-order valence-electron chi connectivity index (χ3n) is 3.29. The van der Waals surface area contributed by atoms with Crippen LogP contribution in [-0.2, 0) is 6.42 Å². The first-order chi connectivity index (χ1) is 10.2. The maximum absolute atomic E-state index is 13.1. The van der Waals surface area contributed by atoms with Crippen molar-refractivity contribution in [1.29, 1.82) is 0 Å². The van der Waals surface area contributed by atoms with Crippen LogP contribution in [0.5, 0.6) is 11.5 Å². The second-order valence-corrected chi connectivity index (χ2v) is 5.72. The molecule has 0 fully saturated rings. The second kappa shape index (κ2) is 5.85. The number of hydrogen-bond donors (Lipinski definition) is 0. The van der Waals surface area contributed by atoms with Crippen molar-refractivity contribution in [2.24, 2.45) is 0 Å². The molecule has 0 spiro atoms. The van der Waals surface area contributed by atoms with Crippen LogP contribution < -0.4 is 9.47 Å². The number of ether oxygens (including phenoxy) is 2. The van der Waals surface area contributed by atoms with Gasteiger partial charge in [0.25, 0.3) is 0 Å². The summed E-state index contributed by atoms with van der Waals surface area (Å²) < 4.78 is 25.3. The van der Waals surface area contributed by atoms with Crippen LogP contribution in [0.15, 0.2) is 40.9 Å². The molecule has 1 unspecified atom stereocenters. The molecule has 0 amide bonds. The molecule has 1 heterocycles. The van der Waals surface area contributed by atoms with Gasteiger partial charge in [-0.05, 0) is 36.4 Å². The van der Waals surface area contributed by atoms with Gasteiger partial charge in [0.05, 0.1) is 5.56 Å². The van der Waals surface area contributed by atoms with Gasteiger partial charge in [-0.25, -0.2) is 4.39 Å². The Bertz CT molecular complexity index is 687. The monoisotopic (exact) mass is 350 g/mol. The topological polar surface area (TPSA) is 35.5 Å². The molecule has 2 aromatic rings. The summed E-state index contributed by atoms with van der Waals surface area (Å²) in [4.78, 5) is 11.0. The number of fused-ring (bicyclic) bond motifs is 1. The van der Waals surface area contributed by atoms with Crippen molar-refractivity contribution in [3.8, 4) is 11.5 Å². The van der Waals surface area contributed by atoms with Crippen molar-refractivity contribution in [2.45, 2.75) is 12.5 Å². The third-order valence-corrected chi connectivity index (χ3v) is 3.78. The van der Waals surface area contributed by atoms with Gasteiger partial charge in [0.15, 0.2) is 6.29 Å². The van der Waals surface area contributed by atoms with Gasteiger partial charge in [0.2, 0.25) is 0 Å². The molecule has 0 saturated heterocycles. The summed E-state index contributed by atoms with van der Waals surface area (Å²) in [6.07, 6.45) is 1.17. The summed E-state index contributed by atoms with van der Waals surface area (Å²) in [5, 5.41) is 0. The minimum Gasteiger partial charge on any atom is -0.489 e. The van der Waals surface area contributed by atoms with E-state index in [0.717, 1.165) is 16.3 Å². The number of rotatable bonds is 4. The first-order valence-electron chi connectivity index (χ1n) is 6.48. The van der Waals surface area contributed by atoms with Crippen molar-refractivity contribution in [2.75, 3.05) is 6.61 Å². The highest BCUT2D eigenvalue weighted by Crippen LogP contribution is 2.30. The molecule has 3 rings (SSSR count). The number of halogens is 2. The number of benzene rings is 2. The molecule has 2 aromatic carbocycles. The maximum Gasteiger partial charge on any atom is 0.153 e. The standard InChI is InChI=1S/C16H12BrFO3/c17-12-1-3-15(11(5-12)8-19)20-9-14-7-10-6-13(18)2-4-16(10)21-14/h1-6,8,14H,7,9H2. The van der Waals surface area contributed by atoms with Gasteiger partial charge in [0.1, 0.15) is 30.0 Å². The van der Waals surface area contributed by atoms with E-state index in [1.807, 2.05) is 6.07 Å². The Morgan fingerprint density at radius 2 is 2.19 bits per heavy atom. The molecule has 1 atom stereocenters. The minimum absolute atomic E-state index is 0.176. The van der Waals surface area contributed by atoms with E-state index in [1.54, 1.807) is 18.2 Å². The Morgan fingerprint density at radius 1 is 1.33 bits per heavy atom. The Labute approximate surface area is 129 Å². The lowest BCUT2D eigenvalue weighted by Gasteiger charge is -2.13. The first-order valence-corrected chi connectivity index (χ1v) is 7.27. The summed E-state index contributed by atoms with van der Waals surface area (Å²) in [6.45, 7) is 0.304. The van der Waals surface area contributed by atoms with E-state index in [4.69, 9.17) is 9.47 Å². The molecular weight excluding hydrogens is 339 g/mol. The van der Waals surface area contributed by atoms with Crippen LogP contribution in [0.25, 0.3) is 0 Å².